The highest BCUT2D eigenvalue weighted by molar-refractivity contribution is 6.31. The lowest BCUT2D eigenvalue weighted by molar-refractivity contribution is 0.00751. The highest BCUT2D eigenvalue weighted by atomic mass is 35.5. The minimum absolute atomic E-state index is 0.103. The normalized spacial score (nSPS) is 14.3. The van der Waals surface area contributed by atoms with Crippen molar-refractivity contribution in [1.82, 2.24) is 0 Å². The van der Waals surface area contributed by atoms with E-state index < -0.39 is 0 Å². The predicted molar refractivity (Wildman–Crippen MR) is 76.0 cm³/mol. The second-order valence-electron chi connectivity index (χ2n) is 4.41. The van der Waals surface area contributed by atoms with Crippen molar-refractivity contribution in [3.8, 4) is 0 Å². The molecule has 1 heterocycles. The van der Waals surface area contributed by atoms with E-state index in [1.807, 2.05) is 43.3 Å². The van der Waals surface area contributed by atoms with E-state index in [0.717, 1.165) is 17.7 Å². The largest absolute Gasteiger partial charge is 0.467 e. The van der Waals surface area contributed by atoms with Crippen molar-refractivity contribution in [2.75, 3.05) is 0 Å². The Kier molecular flexibility index (Phi) is 5.02. The minimum Gasteiger partial charge on any atom is -0.467 e. The van der Waals surface area contributed by atoms with Crippen molar-refractivity contribution in [2.45, 2.75) is 32.1 Å². The molecule has 0 saturated heterocycles. The van der Waals surface area contributed by atoms with Crippen molar-refractivity contribution in [3.05, 3.63) is 59.0 Å². The zero-order chi connectivity index (χ0) is 13.7. The topological polar surface area (TPSA) is 48.4 Å². The summed E-state index contributed by atoms with van der Waals surface area (Å²) in [5.74, 6) is 0.751. The van der Waals surface area contributed by atoms with Crippen LogP contribution in [0.3, 0.4) is 0 Å². The van der Waals surface area contributed by atoms with Gasteiger partial charge in [0.1, 0.15) is 11.9 Å². The van der Waals surface area contributed by atoms with Gasteiger partial charge in [-0.25, -0.2) is 0 Å². The summed E-state index contributed by atoms with van der Waals surface area (Å²) in [6.07, 6.45) is 2.19. The first-order chi connectivity index (χ1) is 9.22. The van der Waals surface area contributed by atoms with Crippen LogP contribution >= 0.6 is 11.6 Å². The van der Waals surface area contributed by atoms with Crippen LogP contribution in [0.5, 0.6) is 0 Å². The Morgan fingerprint density at radius 2 is 2.05 bits per heavy atom. The average Bonchev–Trinajstić information content (AvgIpc) is 2.94. The molecule has 2 N–H and O–H groups in total. The zero-order valence-corrected chi connectivity index (χ0v) is 11.6. The van der Waals surface area contributed by atoms with Gasteiger partial charge in [-0.2, -0.15) is 0 Å². The minimum atomic E-state index is -0.253. The smallest absolute Gasteiger partial charge is 0.134 e. The number of halogens is 1. The van der Waals surface area contributed by atoms with E-state index in [-0.39, 0.29) is 12.1 Å². The van der Waals surface area contributed by atoms with Crippen molar-refractivity contribution in [1.29, 1.82) is 0 Å². The molecule has 102 valence electrons. The van der Waals surface area contributed by atoms with Crippen LogP contribution in [0.4, 0.5) is 0 Å². The molecule has 19 heavy (non-hydrogen) atoms. The van der Waals surface area contributed by atoms with Gasteiger partial charge in [0.15, 0.2) is 0 Å². The van der Waals surface area contributed by atoms with Crippen LogP contribution in [0, 0.1) is 0 Å². The van der Waals surface area contributed by atoms with E-state index in [2.05, 4.69) is 0 Å². The lowest BCUT2D eigenvalue weighted by Crippen LogP contribution is -2.29. The fourth-order valence-electron chi connectivity index (χ4n) is 1.88. The van der Waals surface area contributed by atoms with Gasteiger partial charge in [-0.1, -0.05) is 36.7 Å². The third kappa shape index (κ3) is 3.60. The first kappa shape index (κ1) is 14.1. The molecule has 0 aliphatic rings. The Morgan fingerprint density at radius 3 is 2.68 bits per heavy atom. The third-order valence-corrected chi connectivity index (χ3v) is 3.43. The zero-order valence-electron chi connectivity index (χ0n) is 10.9. The molecular weight excluding hydrogens is 262 g/mol. The Morgan fingerprint density at radius 1 is 1.26 bits per heavy atom. The first-order valence-corrected chi connectivity index (χ1v) is 6.74. The Balaban J connectivity index is 2.07. The van der Waals surface area contributed by atoms with Crippen LogP contribution < -0.4 is 5.73 Å². The second-order valence-corrected chi connectivity index (χ2v) is 4.82. The Labute approximate surface area is 118 Å². The molecule has 4 heteroatoms. The number of furan rings is 1. The van der Waals surface area contributed by atoms with E-state index in [1.165, 1.54) is 0 Å². The van der Waals surface area contributed by atoms with Gasteiger partial charge in [-0.15, -0.1) is 0 Å². The highest BCUT2D eigenvalue weighted by Crippen LogP contribution is 2.25. The van der Waals surface area contributed by atoms with Crippen molar-refractivity contribution in [2.24, 2.45) is 5.73 Å². The standard InChI is InChI=1S/C15H18ClNO2/c1-2-13(17)15(14-8-5-9-18-14)19-10-11-6-3-4-7-12(11)16/h3-9,13,15H,2,10,17H2,1H3. The van der Waals surface area contributed by atoms with Crippen molar-refractivity contribution < 1.29 is 9.15 Å². The lowest BCUT2D eigenvalue weighted by atomic mass is 10.1. The van der Waals surface area contributed by atoms with E-state index in [4.69, 9.17) is 26.5 Å². The summed E-state index contributed by atoms with van der Waals surface area (Å²) in [5, 5.41) is 0.700. The summed E-state index contributed by atoms with van der Waals surface area (Å²) in [4.78, 5) is 0. The molecule has 2 rings (SSSR count). The predicted octanol–water partition coefficient (Wildman–Crippen LogP) is 3.93. The van der Waals surface area contributed by atoms with Crippen LogP contribution in [0.25, 0.3) is 0 Å². The number of ether oxygens (including phenoxy) is 1. The molecule has 0 radical (unpaired) electrons. The molecule has 0 saturated carbocycles. The molecule has 0 fully saturated rings. The van der Waals surface area contributed by atoms with Gasteiger partial charge >= 0.3 is 0 Å². The molecule has 1 aromatic heterocycles. The summed E-state index contributed by atoms with van der Waals surface area (Å²) in [7, 11) is 0. The van der Waals surface area contributed by atoms with Crippen molar-refractivity contribution in [3.63, 3.8) is 0 Å². The fourth-order valence-corrected chi connectivity index (χ4v) is 2.07. The SMILES string of the molecule is CCC(N)C(OCc1ccccc1Cl)c1ccco1. The maximum absolute atomic E-state index is 6.11. The number of nitrogens with two attached hydrogens (primary N) is 1. The van der Waals surface area contributed by atoms with Crippen LogP contribution in [0.2, 0.25) is 5.02 Å². The van der Waals surface area contributed by atoms with Gasteiger partial charge in [0.05, 0.1) is 12.9 Å². The maximum atomic E-state index is 6.11. The summed E-state index contributed by atoms with van der Waals surface area (Å²) in [5.41, 5.74) is 7.04. The Hall–Kier alpha value is -1.29. The Bertz CT molecular complexity index is 499. The molecule has 0 aliphatic carbocycles. The van der Waals surface area contributed by atoms with Gasteiger partial charge in [0.2, 0.25) is 0 Å². The second kappa shape index (κ2) is 6.75. The van der Waals surface area contributed by atoms with Gasteiger partial charge in [0.25, 0.3) is 0 Å². The molecule has 1 aromatic carbocycles. The van der Waals surface area contributed by atoms with E-state index in [9.17, 15) is 0 Å². The van der Waals surface area contributed by atoms with Crippen LogP contribution in [-0.4, -0.2) is 6.04 Å². The summed E-state index contributed by atoms with van der Waals surface area (Å²) < 4.78 is 11.3. The van der Waals surface area contributed by atoms with E-state index in [1.54, 1.807) is 6.26 Å². The fraction of sp³-hybridized carbons (Fsp3) is 0.333. The highest BCUT2D eigenvalue weighted by Gasteiger charge is 2.22. The first-order valence-electron chi connectivity index (χ1n) is 6.36. The summed E-state index contributed by atoms with van der Waals surface area (Å²) in [6, 6.07) is 11.2. The molecule has 0 amide bonds. The molecular formula is C15H18ClNO2. The molecule has 2 aromatic rings. The van der Waals surface area contributed by atoms with Gasteiger partial charge in [0, 0.05) is 11.1 Å². The maximum Gasteiger partial charge on any atom is 0.134 e. The number of hydrogen-bond acceptors (Lipinski definition) is 3. The van der Waals surface area contributed by atoms with Gasteiger partial charge in [-0.05, 0) is 30.2 Å². The van der Waals surface area contributed by atoms with E-state index >= 15 is 0 Å². The monoisotopic (exact) mass is 279 g/mol. The van der Waals surface area contributed by atoms with Gasteiger partial charge < -0.3 is 14.9 Å². The third-order valence-electron chi connectivity index (χ3n) is 3.06. The van der Waals surface area contributed by atoms with Crippen LogP contribution in [0.15, 0.2) is 47.1 Å². The molecule has 0 spiro atoms. The number of rotatable bonds is 6. The van der Waals surface area contributed by atoms with E-state index in [0.29, 0.717) is 11.6 Å². The molecule has 0 aliphatic heterocycles. The molecule has 2 atom stereocenters. The quantitative estimate of drug-likeness (QED) is 0.871. The molecule has 0 bridgehead atoms. The molecule has 2 unspecified atom stereocenters. The lowest BCUT2D eigenvalue weighted by Gasteiger charge is -2.21. The summed E-state index contributed by atoms with van der Waals surface area (Å²) in [6.45, 7) is 2.44. The van der Waals surface area contributed by atoms with Crippen molar-refractivity contribution >= 4 is 11.6 Å². The molecule has 3 nitrogen and oxygen atoms in total. The summed E-state index contributed by atoms with van der Waals surface area (Å²) >= 11 is 6.11. The van der Waals surface area contributed by atoms with Crippen LogP contribution in [-0.2, 0) is 11.3 Å². The van der Waals surface area contributed by atoms with Crippen LogP contribution in [0.1, 0.15) is 30.8 Å². The number of benzene rings is 1. The van der Waals surface area contributed by atoms with Gasteiger partial charge in [-0.3, -0.25) is 0 Å². The average molecular weight is 280 g/mol. The number of hydrogen-bond donors (Lipinski definition) is 1.